The number of rotatable bonds is 3. The fraction of sp³-hybridized carbons (Fsp3) is 1.00. The van der Waals surface area contributed by atoms with Gasteiger partial charge in [0.1, 0.15) is 0 Å². The summed E-state index contributed by atoms with van der Waals surface area (Å²) < 4.78 is 0. The van der Waals surface area contributed by atoms with Gasteiger partial charge in [0.05, 0.1) is 5.60 Å². The number of hydrogen-bond acceptors (Lipinski definition) is 1. The summed E-state index contributed by atoms with van der Waals surface area (Å²) in [4.78, 5) is 0. The Labute approximate surface area is 69.8 Å². The zero-order valence-corrected chi connectivity index (χ0v) is 8.15. The average molecular weight is 156 g/mol. The molecule has 66 valence electrons. The largest absolute Gasteiger partial charge is 0.389 e. The lowest BCUT2D eigenvalue weighted by molar-refractivity contribution is 0.00689. The summed E-state index contributed by atoms with van der Waals surface area (Å²) >= 11 is 0. The molecular weight excluding hydrogens is 136 g/mol. The van der Waals surface area contributed by atoms with E-state index in [4.69, 9.17) is 0 Å². The highest BCUT2D eigenvalue weighted by molar-refractivity contribution is 5.10. The van der Waals surface area contributed by atoms with Gasteiger partial charge in [-0.2, -0.15) is 0 Å². The van der Waals surface area contributed by atoms with Crippen molar-refractivity contribution in [3.8, 4) is 0 Å². The summed E-state index contributed by atoms with van der Waals surface area (Å²) in [5, 5.41) is 10.1. The standard InChI is InChI=1S/C10H20O/c1-5-8-7-10(8,11)9(3,4)6-2/h8,11H,5-7H2,1-4H3. The van der Waals surface area contributed by atoms with E-state index in [1.807, 2.05) is 0 Å². The number of aliphatic hydroxyl groups is 1. The molecule has 1 nitrogen and oxygen atoms in total. The molecule has 0 heterocycles. The van der Waals surface area contributed by atoms with Crippen molar-refractivity contribution in [2.24, 2.45) is 11.3 Å². The van der Waals surface area contributed by atoms with Crippen molar-refractivity contribution in [3.05, 3.63) is 0 Å². The van der Waals surface area contributed by atoms with Crippen molar-refractivity contribution in [2.75, 3.05) is 0 Å². The van der Waals surface area contributed by atoms with Crippen LogP contribution in [0.25, 0.3) is 0 Å². The second-order valence-electron chi connectivity index (χ2n) is 4.47. The monoisotopic (exact) mass is 156 g/mol. The average Bonchev–Trinajstić information content (AvgIpc) is 2.64. The molecule has 1 aliphatic rings. The molecule has 0 aromatic heterocycles. The van der Waals surface area contributed by atoms with Crippen molar-refractivity contribution in [1.82, 2.24) is 0 Å². The molecule has 0 radical (unpaired) electrons. The lowest BCUT2D eigenvalue weighted by atomic mass is 9.80. The van der Waals surface area contributed by atoms with Gasteiger partial charge in [0.2, 0.25) is 0 Å². The van der Waals surface area contributed by atoms with E-state index in [0.29, 0.717) is 5.92 Å². The maximum absolute atomic E-state index is 10.1. The predicted octanol–water partition coefficient (Wildman–Crippen LogP) is 2.58. The molecule has 1 aliphatic carbocycles. The molecule has 2 atom stereocenters. The molecule has 2 unspecified atom stereocenters. The molecule has 1 saturated carbocycles. The van der Waals surface area contributed by atoms with Crippen LogP contribution in [0.15, 0.2) is 0 Å². The topological polar surface area (TPSA) is 20.2 Å². The zero-order chi connectivity index (χ0) is 8.70. The first-order chi connectivity index (χ1) is 4.98. The second-order valence-corrected chi connectivity index (χ2v) is 4.47. The summed E-state index contributed by atoms with van der Waals surface area (Å²) in [6.45, 7) is 8.66. The van der Waals surface area contributed by atoms with E-state index in [0.717, 1.165) is 19.3 Å². The van der Waals surface area contributed by atoms with Gasteiger partial charge in [0.25, 0.3) is 0 Å². The fourth-order valence-corrected chi connectivity index (χ4v) is 1.93. The SMILES string of the molecule is CCC1CC1(O)C(C)(C)CC. The highest BCUT2D eigenvalue weighted by atomic mass is 16.3. The molecule has 0 spiro atoms. The quantitative estimate of drug-likeness (QED) is 0.666. The fourth-order valence-electron chi connectivity index (χ4n) is 1.93. The first-order valence-electron chi connectivity index (χ1n) is 4.70. The molecule has 0 aromatic rings. The van der Waals surface area contributed by atoms with Gasteiger partial charge in [-0.15, -0.1) is 0 Å². The van der Waals surface area contributed by atoms with E-state index in [2.05, 4.69) is 27.7 Å². The van der Waals surface area contributed by atoms with Crippen LogP contribution in [0.5, 0.6) is 0 Å². The Hall–Kier alpha value is -0.0400. The zero-order valence-electron chi connectivity index (χ0n) is 8.15. The summed E-state index contributed by atoms with van der Waals surface area (Å²) in [5.74, 6) is 0.567. The Morgan fingerprint density at radius 3 is 2.27 bits per heavy atom. The molecule has 0 bridgehead atoms. The maximum Gasteiger partial charge on any atom is 0.0731 e. The first kappa shape index (κ1) is 9.05. The Kier molecular flexibility index (Phi) is 2.04. The highest BCUT2D eigenvalue weighted by Gasteiger charge is 2.59. The molecule has 0 amide bonds. The Bertz CT molecular complexity index is 151. The first-order valence-corrected chi connectivity index (χ1v) is 4.70. The molecule has 0 aliphatic heterocycles. The van der Waals surface area contributed by atoms with E-state index in [1.54, 1.807) is 0 Å². The second kappa shape index (κ2) is 2.48. The third-order valence-electron chi connectivity index (χ3n) is 3.62. The van der Waals surface area contributed by atoms with Gasteiger partial charge < -0.3 is 5.11 Å². The van der Waals surface area contributed by atoms with Gasteiger partial charge >= 0.3 is 0 Å². The molecular formula is C10H20O. The van der Waals surface area contributed by atoms with Crippen molar-refractivity contribution < 1.29 is 5.11 Å². The third kappa shape index (κ3) is 1.20. The van der Waals surface area contributed by atoms with E-state index in [-0.39, 0.29) is 11.0 Å². The van der Waals surface area contributed by atoms with Crippen LogP contribution < -0.4 is 0 Å². The van der Waals surface area contributed by atoms with Crippen LogP contribution >= 0.6 is 0 Å². The van der Waals surface area contributed by atoms with Crippen LogP contribution in [0.4, 0.5) is 0 Å². The van der Waals surface area contributed by atoms with Crippen LogP contribution in [0.1, 0.15) is 47.0 Å². The van der Waals surface area contributed by atoms with Crippen LogP contribution in [-0.4, -0.2) is 10.7 Å². The van der Waals surface area contributed by atoms with E-state index in [1.165, 1.54) is 0 Å². The normalized spacial score (nSPS) is 37.4. The van der Waals surface area contributed by atoms with Gasteiger partial charge in [-0.25, -0.2) is 0 Å². The highest BCUT2D eigenvalue weighted by Crippen LogP contribution is 2.57. The molecule has 1 heteroatoms. The lowest BCUT2D eigenvalue weighted by Crippen LogP contribution is -2.32. The van der Waals surface area contributed by atoms with Gasteiger partial charge in [0, 0.05) is 0 Å². The van der Waals surface area contributed by atoms with Crippen LogP contribution in [0.3, 0.4) is 0 Å². The minimum atomic E-state index is -0.337. The van der Waals surface area contributed by atoms with Crippen molar-refractivity contribution in [1.29, 1.82) is 0 Å². The molecule has 0 saturated heterocycles. The van der Waals surface area contributed by atoms with Gasteiger partial charge in [-0.1, -0.05) is 34.1 Å². The van der Waals surface area contributed by atoms with E-state index in [9.17, 15) is 5.11 Å². The summed E-state index contributed by atoms with van der Waals surface area (Å²) in [6.07, 6.45) is 3.21. The summed E-state index contributed by atoms with van der Waals surface area (Å²) in [5.41, 5.74) is -0.218. The molecule has 0 aromatic carbocycles. The number of hydrogen-bond donors (Lipinski definition) is 1. The molecule has 1 rings (SSSR count). The molecule has 1 fully saturated rings. The van der Waals surface area contributed by atoms with Crippen molar-refractivity contribution >= 4 is 0 Å². The lowest BCUT2D eigenvalue weighted by Gasteiger charge is -2.30. The Morgan fingerprint density at radius 1 is 1.45 bits per heavy atom. The van der Waals surface area contributed by atoms with Gasteiger partial charge in [-0.3, -0.25) is 0 Å². The van der Waals surface area contributed by atoms with E-state index >= 15 is 0 Å². The Balaban J connectivity index is 2.62. The minimum absolute atomic E-state index is 0.119. The minimum Gasteiger partial charge on any atom is -0.389 e. The third-order valence-corrected chi connectivity index (χ3v) is 3.62. The van der Waals surface area contributed by atoms with Crippen LogP contribution in [-0.2, 0) is 0 Å². The molecule has 1 N–H and O–H groups in total. The van der Waals surface area contributed by atoms with Gasteiger partial charge in [0.15, 0.2) is 0 Å². The summed E-state index contributed by atoms with van der Waals surface area (Å²) in [6, 6.07) is 0. The van der Waals surface area contributed by atoms with Crippen molar-refractivity contribution in [2.45, 2.75) is 52.6 Å². The Morgan fingerprint density at radius 2 is 2.00 bits per heavy atom. The summed E-state index contributed by atoms with van der Waals surface area (Å²) in [7, 11) is 0. The van der Waals surface area contributed by atoms with E-state index < -0.39 is 0 Å². The predicted molar refractivity (Wildman–Crippen MR) is 47.4 cm³/mol. The van der Waals surface area contributed by atoms with Crippen molar-refractivity contribution in [3.63, 3.8) is 0 Å². The smallest absolute Gasteiger partial charge is 0.0731 e. The van der Waals surface area contributed by atoms with Gasteiger partial charge in [-0.05, 0) is 24.2 Å². The van der Waals surface area contributed by atoms with Crippen LogP contribution in [0.2, 0.25) is 0 Å². The molecule has 11 heavy (non-hydrogen) atoms. The van der Waals surface area contributed by atoms with Crippen LogP contribution in [0, 0.1) is 11.3 Å². The maximum atomic E-state index is 10.1.